The third kappa shape index (κ3) is 5.68. The van der Waals surface area contributed by atoms with Crippen LogP contribution in [0.1, 0.15) is 57.1 Å². The fourth-order valence-electron chi connectivity index (χ4n) is 4.21. The van der Waals surface area contributed by atoms with Crippen LogP contribution in [0.15, 0.2) is 24.3 Å². The maximum atomic E-state index is 14.3. The number of hydrogen-bond acceptors (Lipinski definition) is 5. The van der Waals surface area contributed by atoms with Crippen molar-refractivity contribution in [2.75, 3.05) is 6.26 Å². The second kappa shape index (κ2) is 10.2. The van der Waals surface area contributed by atoms with Gasteiger partial charge in [-0.15, -0.1) is 0 Å². The largest absolute Gasteiger partial charge is 0.352 e. The summed E-state index contributed by atoms with van der Waals surface area (Å²) in [6.45, 7) is 4.14. The smallest absolute Gasteiger partial charge is 0.258 e. The Morgan fingerprint density at radius 2 is 1.75 bits per heavy atom. The number of rotatable bonds is 10. The Hall–Kier alpha value is -1.54. The monoisotopic (exact) mass is 480 g/mol. The number of Topliss-reactive ketones (excluding diaryl/α,β-unsaturated/α-hetero) is 1. The average Bonchev–Trinajstić information content (AvgIpc) is 3.35. The van der Waals surface area contributed by atoms with Gasteiger partial charge >= 0.3 is 0 Å². The van der Waals surface area contributed by atoms with E-state index in [-0.39, 0.29) is 24.5 Å². The highest BCUT2D eigenvalue weighted by Gasteiger charge is 2.53. The molecule has 0 saturated heterocycles. The first-order valence-electron chi connectivity index (χ1n) is 11.2. The first kappa shape index (κ1) is 25.1. The molecule has 2 amide bonds. The van der Waals surface area contributed by atoms with Crippen molar-refractivity contribution in [2.24, 2.45) is 11.8 Å². The van der Waals surface area contributed by atoms with Crippen LogP contribution in [0.3, 0.4) is 0 Å². The lowest BCUT2D eigenvalue weighted by Gasteiger charge is -2.35. The molecule has 2 saturated carbocycles. The van der Waals surface area contributed by atoms with Crippen molar-refractivity contribution in [2.45, 2.75) is 74.7 Å². The zero-order valence-electron chi connectivity index (χ0n) is 18.9. The maximum Gasteiger partial charge on any atom is 0.258 e. The highest BCUT2D eigenvalue weighted by Crippen LogP contribution is 2.41. The Kier molecular flexibility index (Phi) is 7.97. The van der Waals surface area contributed by atoms with Crippen molar-refractivity contribution in [3.05, 3.63) is 35.4 Å². The average molecular weight is 481 g/mol. The number of thiol groups is 1. The molecule has 3 rings (SSSR count). The highest BCUT2D eigenvalue weighted by atomic mass is 32.2. The summed E-state index contributed by atoms with van der Waals surface area (Å²) in [4.78, 5) is 38.9. The fraction of sp³-hybridized carbons (Fsp3) is 0.625. The normalized spacial score (nSPS) is 22.8. The zero-order chi connectivity index (χ0) is 23.5. The molecule has 176 valence electrons. The molecule has 2 aliphatic rings. The quantitative estimate of drug-likeness (QED) is 0.445. The van der Waals surface area contributed by atoms with E-state index in [4.69, 9.17) is 0 Å². The highest BCUT2D eigenvalue weighted by molar-refractivity contribution is 8.00. The number of alkyl halides is 1. The van der Waals surface area contributed by atoms with Crippen molar-refractivity contribution in [3.8, 4) is 0 Å². The van der Waals surface area contributed by atoms with Crippen molar-refractivity contribution in [1.29, 1.82) is 0 Å². The van der Waals surface area contributed by atoms with Gasteiger partial charge in [-0.05, 0) is 56.9 Å². The molecule has 3 unspecified atom stereocenters. The number of thioether (sulfide) groups is 1. The lowest BCUT2D eigenvalue weighted by molar-refractivity contribution is -0.137. The van der Waals surface area contributed by atoms with E-state index in [9.17, 15) is 18.8 Å². The van der Waals surface area contributed by atoms with Gasteiger partial charge in [-0.25, -0.2) is 4.39 Å². The molecule has 0 bridgehead atoms. The maximum absolute atomic E-state index is 14.3. The number of hydrogen-bond donors (Lipinski definition) is 3. The van der Waals surface area contributed by atoms with Crippen LogP contribution < -0.4 is 10.6 Å². The summed E-state index contributed by atoms with van der Waals surface area (Å²) in [5.74, 6) is -1.27. The molecule has 8 heteroatoms. The van der Waals surface area contributed by atoms with Crippen LogP contribution in [0.5, 0.6) is 0 Å². The molecular formula is C24H33FN2O3S2. The molecule has 0 heterocycles. The van der Waals surface area contributed by atoms with Crippen molar-refractivity contribution >= 4 is 42.0 Å². The number of amides is 2. The number of halogens is 1. The Labute approximate surface area is 199 Å². The van der Waals surface area contributed by atoms with Gasteiger partial charge in [-0.3, -0.25) is 14.4 Å². The number of carbonyl (C=O) groups excluding carboxylic acids is 3. The minimum Gasteiger partial charge on any atom is -0.352 e. The van der Waals surface area contributed by atoms with E-state index in [1.807, 2.05) is 44.4 Å². The minimum absolute atomic E-state index is 0.143. The van der Waals surface area contributed by atoms with E-state index in [0.717, 1.165) is 17.5 Å². The molecule has 2 fully saturated rings. The van der Waals surface area contributed by atoms with E-state index in [1.54, 1.807) is 0 Å². The molecule has 0 radical (unpaired) electrons. The van der Waals surface area contributed by atoms with Gasteiger partial charge in [-0.2, -0.15) is 24.4 Å². The van der Waals surface area contributed by atoms with Crippen molar-refractivity contribution < 1.29 is 18.8 Å². The molecule has 2 N–H and O–H groups in total. The van der Waals surface area contributed by atoms with Gasteiger partial charge in [0.25, 0.3) is 5.91 Å². The molecule has 5 nitrogen and oxygen atoms in total. The zero-order valence-corrected chi connectivity index (χ0v) is 20.7. The Morgan fingerprint density at radius 3 is 2.31 bits per heavy atom. The molecule has 0 aromatic heterocycles. The third-order valence-electron chi connectivity index (χ3n) is 6.77. The second-order valence-corrected chi connectivity index (χ2v) is 11.2. The van der Waals surface area contributed by atoms with Gasteiger partial charge in [-0.1, -0.05) is 30.7 Å². The van der Waals surface area contributed by atoms with Crippen LogP contribution in [-0.4, -0.2) is 40.3 Å². The van der Waals surface area contributed by atoms with Crippen LogP contribution in [0.4, 0.5) is 4.39 Å². The van der Waals surface area contributed by atoms with E-state index in [0.29, 0.717) is 25.1 Å². The van der Waals surface area contributed by atoms with Gasteiger partial charge in [0, 0.05) is 28.9 Å². The van der Waals surface area contributed by atoms with Crippen LogP contribution in [0, 0.1) is 11.8 Å². The summed E-state index contributed by atoms with van der Waals surface area (Å²) in [6, 6.07) is 7.03. The standard InChI is InChI=1S/C24H33FN2O3S2/c1-23(2,32-3)20(27-22(30)24(25)11-12-24)19(28)17-5-4-6-18(17)21(29)26-13-15-7-9-16(14-31)10-8-15/h7-10,17-18,20,31H,4-6,11-14H2,1-3H3,(H,26,29)(H,27,30). The van der Waals surface area contributed by atoms with E-state index in [2.05, 4.69) is 23.3 Å². The Morgan fingerprint density at radius 1 is 1.16 bits per heavy atom. The van der Waals surface area contributed by atoms with Gasteiger partial charge in [0.15, 0.2) is 11.5 Å². The van der Waals surface area contributed by atoms with Gasteiger partial charge in [0.05, 0.1) is 0 Å². The predicted molar refractivity (Wildman–Crippen MR) is 129 cm³/mol. The van der Waals surface area contributed by atoms with Crippen molar-refractivity contribution in [1.82, 2.24) is 10.6 Å². The summed E-state index contributed by atoms with van der Waals surface area (Å²) in [6.07, 6.45) is 4.27. The first-order valence-corrected chi connectivity index (χ1v) is 13.0. The predicted octanol–water partition coefficient (Wildman–Crippen LogP) is 3.85. The van der Waals surface area contributed by atoms with Gasteiger partial charge < -0.3 is 10.6 Å². The lowest BCUT2D eigenvalue weighted by atomic mass is 9.83. The lowest BCUT2D eigenvalue weighted by Crippen LogP contribution is -2.57. The summed E-state index contributed by atoms with van der Waals surface area (Å²) in [5.41, 5.74) is 0.244. The summed E-state index contributed by atoms with van der Waals surface area (Å²) in [7, 11) is 0. The van der Waals surface area contributed by atoms with Crippen LogP contribution in [0.2, 0.25) is 0 Å². The van der Waals surface area contributed by atoms with E-state index >= 15 is 0 Å². The molecule has 2 aliphatic carbocycles. The summed E-state index contributed by atoms with van der Waals surface area (Å²) < 4.78 is 13.7. The molecule has 0 spiro atoms. The molecule has 1 aromatic rings. The Bertz CT molecular complexity index is 855. The SMILES string of the molecule is CSC(C)(C)C(NC(=O)C1(F)CC1)C(=O)C1CCCC1C(=O)NCc1ccc(CS)cc1. The fourth-order valence-corrected chi connectivity index (χ4v) is 4.84. The number of carbonyl (C=O) groups is 3. The van der Waals surface area contributed by atoms with E-state index < -0.39 is 34.2 Å². The topological polar surface area (TPSA) is 75.3 Å². The summed E-state index contributed by atoms with van der Waals surface area (Å²) in [5, 5.41) is 5.66. The number of nitrogens with one attached hydrogen (secondary N) is 2. The number of benzene rings is 1. The van der Waals surface area contributed by atoms with Crippen molar-refractivity contribution in [3.63, 3.8) is 0 Å². The van der Waals surface area contributed by atoms with Gasteiger partial charge in [0.2, 0.25) is 5.91 Å². The van der Waals surface area contributed by atoms with Gasteiger partial charge in [0.1, 0.15) is 6.04 Å². The van der Waals surface area contributed by atoms with Crippen LogP contribution in [-0.2, 0) is 26.7 Å². The third-order valence-corrected chi connectivity index (χ3v) is 8.42. The Balaban J connectivity index is 1.68. The summed E-state index contributed by atoms with van der Waals surface area (Å²) >= 11 is 5.70. The molecule has 3 atom stereocenters. The second-order valence-electron chi connectivity index (χ2n) is 9.42. The van der Waals surface area contributed by atoms with E-state index in [1.165, 1.54) is 11.8 Å². The van der Waals surface area contributed by atoms with Crippen LogP contribution >= 0.6 is 24.4 Å². The molecule has 1 aromatic carbocycles. The van der Waals surface area contributed by atoms with Crippen LogP contribution in [0.25, 0.3) is 0 Å². The minimum atomic E-state index is -1.85. The number of ketones is 1. The molecular weight excluding hydrogens is 447 g/mol. The first-order chi connectivity index (χ1) is 15.1. The molecule has 0 aliphatic heterocycles. The molecule has 32 heavy (non-hydrogen) atoms.